The van der Waals surface area contributed by atoms with E-state index in [1.807, 2.05) is 37.5 Å². The topological polar surface area (TPSA) is 45.5 Å². The molecule has 134 valence electrons. The molecule has 0 saturated carbocycles. The maximum atomic E-state index is 4.46. The van der Waals surface area contributed by atoms with Gasteiger partial charge in [-0.15, -0.1) is 11.8 Å². The molecular formula is C19H27N5S. The summed E-state index contributed by atoms with van der Waals surface area (Å²) in [5.41, 5.74) is 0. The van der Waals surface area contributed by atoms with Crippen molar-refractivity contribution in [2.75, 3.05) is 32.4 Å². The lowest BCUT2D eigenvalue weighted by Gasteiger charge is -2.21. The molecular weight excluding hydrogens is 330 g/mol. The highest BCUT2D eigenvalue weighted by Gasteiger charge is 2.24. The summed E-state index contributed by atoms with van der Waals surface area (Å²) in [6.45, 7) is 4.12. The third kappa shape index (κ3) is 5.53. The van der Waals surface area contributed by atoms with Gasteiger partial charge < -0.3 is 14.8 Å². The Bertz CT molecular complexity index is 641. The van der Waals surface area contributed by atoms with Gasteiger partial charge in [0.1, 0.15) is 0 Å². The average Bonchev–Trinajstić information content (AvgIpc) is 3.33. The molecule has 1 fully saturated rings. The van der Waals surface area contributed by atoms with E-state index < -0.39 is 0 Å². The first-order valence-electron chi connectivity index (χ1n) is 8.94. The van der Waals surface area contributed by atoms with Crippen molar-refractivity contribution < 1.29 is 0 Å². The summed E-state index contributed by atoms with van der Waals surface area (Å²) in [4.78, 5) is 12.3. The highest BCUT2D eigenvalue weighted by molar-refractivity contribution is 7.99. The van der Waals surface area contributed by atoms with Crippen LogP contribution in [0, 0.1) is 5.92 Å². The van der Waals surface area contributed by atoms with E-state index in [1.165, 1.54) is 17.1 Å². The van der Waals surface area contributed by atoms with Gasteiger partial charge in [-0.25, -0.2) is 4.98 Å². The van der Waals surface area contributed by atoms with E-state index in [-0.39, 0.29) is 0 Å². The third-order valence-corrected chi connectivity index (χ3v) is 5.71. The molecule has 1 atom stereocenters. The Hall–Kier alpha value is -1.95. The summed E-state index contributed by atoms with van der Waals surface area (Å²) >= 11 is 1.96. The molecule has 6 heteroatoms. The van der Waals surface area contributed by atoms with Crippen LogP contribution < -0.4 is 5.32 Å². The minimum absolute atomic E-state index is 0.731. The number of aryl methyl sites for hydroxylation is 1. The number of hydrogen-bond donors (Lipinski definition) is 1. The van der Waals surface area contributed by atoms with Crippen LogP contribution in [-0.4, -0.2) is 52.8 Å². The zero-order valence-electron chi connectivity index (χ0n) is 14.8. The molecule has 1 saturated heterocycles. The van der Waals surface area contributed by atoms with E-state index in [0.29, 0.717) is 0 Å². The van der Waals surface area contributed by atoms with Gasteiger partial charge in [-0.3, -0.25) is 4.99 Å². The Morgan fingerprint density at radius 2 is 2.24 bits per heavy atom. The molecule has 0 bridgehead atoms. The van der Waals surface area contributed by atoms with Crippen LogP contribution in [-0.2, 0) is 6.54 Å². The maximum Gasteiger partial charge on any atom is 0.193 e. The van der Waals surface area contributed by atoms with Crippen molar-refractivity contribution in [2.24, 2.45) is 10.9 Å². The summed E-state index contributed by atoms with van der Waals surface area (Å²) in [5, 5.41) is 3.50. The first kappa shape index (κ1) is 17.9. The lowest BCUT2D eigenvalue weighted by atomic mass is 10.2. The van der Waals surface area contributed by atoms with E-state index in [4.69, 9.17) is 0 Å². The highest BCUT2D eigenvalue weighted by atomic mass is 32.2. The van der Waals surface area contributed by atoms with Crippen molar-refractivity contribution in [3.8, 4) is 0 Å². The van der Waals surface area contributed by atoms with Crippen molar-refractivity contribution in [3.05, 3.63) is 49.1 Å². The molecule has 5 nitrogen and oxygen atoms in total. The summed E-state index contributed by atoms with van der Waals surface area (Å²) in [7, 11) is 1.88. The fraction of sp³-hybridized carbons (Fsp3) is 0.474. The van der Waals surface area contributed by atoms with Gasteiger partial charge in [-0.1, -0.05) is 18.2 Å². The van der Waals surface area contributed by atoms with Crippen LogP contribution in [0.4, 0.5) is 0 Å². The van der Waals surface area contributed by atoms with Crippen LogP contribution in [0.5, 0.6) is 0 Å². The number of likely N-dealkylation sites (tertiary alicyclic amines) is 1. The second-order valence-electron chi connectivity index (χ2n) is 6.35. The van der Waals surface area contributed by atoms with Gasteiger partial charge in [0.2, 0.25) is 0 Å². The van der Waals surface area contributed by atoms with Crippen molar-refractivity contribution in [1.82, 2.24) is 19.8 Å². The SMILES string of the molecule is CN=C(NCCCn1ccnc1)N1CCC(CSc2ccccc2)C1. The molecule has 2 aromatic rings. The van der Waals surface area contributed by atoms with Gasteiger partial charge in [0.05, 0.1) is 6.33 Å². The van der Waals surface area contributed by atoms with Crippen LogP contribution in [0.2, 0.25) is 0 Å². The summed E-state index contributed by atoms with van der Waals surface area (Å²) < 4.78 is 2.11. The van der Waals surface area contributed by atoms with E-state index in [1.54, 1.807) is 0 Å². The van der Waals surface area contributed by atoms with Crippen molar-refractivity contribution in [2.45, 2.75) is 24.3 Å². The minimum Gasteiger partial charge on any atom is -0.356 e. The Balaban J connectivity index is 1.37. The number of rotatable bonds is 7. The molecule has 3 rings (SSSR count). The predicted octanol–water partition coefficient (Wildman–Crippen LogP) is 2.96. The Kier molecular flexibility index (Phi) is 6.79. The molecule has 1 aliphatic rings. The number of nitrogens with one attached hydrogen (secondary N) is 1. The number of guanidine groups is 1. The van der Waals surface area contributed by atoms with E-state index in [9.17, 15) is 0 Å². The monoisotopic (exact) mass is 357 g/mol. The number of nitrogens with zero attached hydrogens (tertiary/aromatic N) is 4. The minimum atomic E-state index is 0.731. The second kappa shape index (κ2) is 9.51. The fourth-order valence-corrected chi connectivity index (χ4v) is 4.15. The van der Waals surface area contributed by atoms with E-state index >= 15 is 0 Å². The van der Waals surface area contributed by atoms with Gasteiger partial charge in [-0.2, -0.15) is 0 Å². The van der Waals surface area contributed by atoms with Crippen LogP contribution in [0.3, 0.4) is 0 Å². The zero-order chi connectivity index (χ0) is 17.3. The number of imidazole rings is 1. The normalized spacial score (nSPS) is 17.9. The number of hydrogen-bond acceptors (Lipinski definition) is 3. The maximum absolute atomic E-state index is 4.46. The van der Waals surface area contributed by atoms with E-state index in [2.05, 4.69) is 55.1 Å². The number of benzene rings is 1. The number of aliphatic imine (C=N–C) groups is 1. The standard InChI is InChI=1S/C19H27N5S/c1-20-19(22-9-5-11-23-13-10-21-16-23)24-12-8-17(14-24)15-25-18-6-3-2-4-7-18/h2-4,6-7,10,13,16-17H,5,8-9,11-12,14-15H2,1H3,(H,20,22). The van der Waals surface area contributed by atoms with Gasteiger partial charge in [0.25, 0.3) is 0 Å². The number of thioether (sulfide) groups is 1. The first-order valence-corrected chi connectivity index (χ1v) is 9.93. The van der Waals surface area contributed by atoms with Gasteiger partial charge in [0.15, 0.2) is 5.96 Å². The molecule has 1 aliphatic heterocycles. The molecule has 2 heterocycles. The lowest BCUT2D eigenvalue weighted by Crippen LogP contribution is -2.40. The largest absolute Gasteiger partial charge is 0.356 e. The Morgan fingerprint density at radius 1 is 1.36 bits per heavy atom. The molecule has 25 heavy (non-hydrogen) atoms. The predicted molar refractivity (Wildman–Crippen MR) is 105 cm³/mol. The highest BCUT2D eigenvalue weighted by Crippen LogP contribution is 2.25. The van der Waals surface area contributed by atoms with Gasteiger partial charge >= 0.3 is 0 Å². The number of aromatic nitrogens is 2. The lowest BCUT2D eigenvalue weighted by molar-refractivity contribution is 0.471. The summed E-state index contributed by atoms with van der Waals surface area (Å²) in [6, 6.07) is 10.7. The quantitative estimate of drug-likeness (QED) is 0.358. The summed E-state index contributed by atoms with van der Waals surface area (Å²) in [5.74, 6) is 2.95. The van der Waals surface area contributed by atoms with Crippen molar-refractivity contribution in [3.63, 3.8) is 0 Å². The molecule has 0 radical (unpaired) electrons. The Morgan fingerprint density at radius 3 is 3.00 bits per heavy atom. The molecule has 1 N–H and O–H groups in total. The zero-order valence-corrected chi connectivity index (χ0v) is 15.7. The second-order valence-corrected chi connectivity index (χ2v) is 7.45. The molecule has 0 spiro atoms. The van der Waals surface area contributed by atoms with Crippen molar-refractivity contribution in [1.29, 1.82) is 0 Å². The molecule has 1 unspecified atom stereocenters. The fourth-order valence-electron chi connectivity index (χ4n) is 3.10. The average molecular weight is 358 g/mol. The van der Waals surface area contributed by atoms with E-state index in [0.717, 1.165) is 44.5 Å². The molecule has 1 aromatic carbocycles. The third-order valence-electron chi connectivity index (χ3n) is 4.46. The van der Waals surface area contributed by atoms with Crippen LogP contribution in [0.15, 0.2) is 58.9 Å². The molecule has 0 amide bonds. The van der Waals surface area contributed by atoms with Crippen LogP contribution >= 0.6 is 11.8 Å². The summed E-state index contributed by atoms with van der Waals surface area (Å²) in [6.07, 6.45) is 8.00. The van der Waals surface area contributed by atoms with Gasteiger partial charge in [-0.05, 0) is 30.9 Å². The Labute approximate surface area is 154 Å². The molecule has 0 aliphatic carbocycles. The van der Waals surface area contributed by atoms with Crippen LogP contribution in [0.25, 0.3) is 0 Å². The van der Waals surface area contributed by atoms with Gasteiger partial charge in [0, 0.05) is 56.3 Å². The molecule has 1 aromatic heterocycles. The van der Waals surface area contributed by atoms with Crippen LogP contribution in [0.1, 0.15) is 12.8 Å². The van der Waals surface area contributed by atoms with Crippen molar-refractivity contribution >= 4 is 17.7 Å². The smallest absolute Gasteiger partial charge is 0.193 e. The first-order chi connectivity index (χ1) is 12.3.